The summed E-state index contributed by atoms with van der Waals surface area (Å²) in [4.78, 5) is 12.5. The van der Waals surface area contributed by atoms with Gasteiger partial charge in [-0.2, -0.15) is 0 Å². The Balaban J connectivity index is 1.96. The Hall–Kier alpha value is -2.63. The van der Waals surface area contributed by atoms with Gasteiger partial charge < -0.3 is 14.8 Å². The predicted molar refractivity (Wildman–Crippen MR) is 80.8 cm³/mol. The lowest BCUT2D eigenvalue weighted by atomic mass is 10.1. The normalized spacial score (nSPS) is 12.1. The summed E-state index contributed by atoms with van der Waals surface area (Å²) in [5.41, 5.74) is 3.07. The summed E-state index contributed by atoms with van der Waals surface area (Å²) in [5, 5.41) is 3.24. The van der Waals surface area contributed by atoms with E-state index in [1.165, 1.54) is 6.33 Å². The SMILES string of the molecule is CCOc1cncnc1Nc1cc2c(cc1OC)CN=C2. The van der Waals surface area contributed by atoms with Crippen LogP contribution in [-0.2, 0) is 6.54 Å². The highest BCUT2D eigenvalue weighted by atomic mass is 16.5. The van der Waals surface area contributed by atoms with Crippen LogP contribution < -0.4 is 14.8 Å². The molecule has 0 spiro atoms. The topological polar surface area (TPSA) is 68.6 Å². The monoisotopic (exact) mass is 284 g/mol. The van der Waals surface area contributed by atoms with Crippen LogP contribution in [0.4, 0.5) is 11.5 Å². The molecule has 0 amide bonds. The van der Waals surface area contributed by atoms with Crippen molar-refractivity contribution in [2.75, 3.05) is 19.0 Å². The number of hydrogen-bond acceptors (Lipinski definition) is 6. The molecule has 1 N–H and O–H groups in total. The van der Waals surface area contributed by atoms with E-state index in [0.29, 0.717) is 24.7 Å². The van der Waals surface area contributed by atoms with Crippen molar-refractivity contribution in [1.82, 2.24) is 9.97 Å². The fraction of sp³-hybridized carbons (Fsp3) is 0.267. The number of rotatable bonds is 5. The minimum atomic E-state index is 0.552. The van der Waals surface area contributed by atoms with E-state index in [1.54, 1.807) is 13.3 Å². The van der Waals surface area contributed by atoms with Crippen LogP contribution in [0.15, 0.2) is 29.6 Å². The standard InChI is InChI=1S/C15H16N4O2/c1-3-21-14-8-17-9-18-15(14)19-12-4-10-6-16-7-11(10)5-13(12)20-2/h4-6,8-9H,3,7H2,1-2H3,(H,17,18,19). The zero-order valence-electron chi connectivity index (χ0n) is 12.0. The van der Waals surface area contributed by atoms with Crippen LogP contribution in [0.5, 0.6) is 11.5 Å². The van der Waals surface area contributed by atoms with Gasteiger partial charge in [0, 0.05) is 6.21 Å². The second-order valence-corrected chi connectivity index (χ2v) is 4.51. The Morgan fingerprint density at radius 1 is 1.29 bits per heavy atom. The molecule has 108 valence electrons. The van der Waals surface area contributed by atoms with Gasteiger partial charge in [0.15, 0.2) is 11.6 Å². The summed E-state index contributed by atoms with van der Waals surface area (Å²) in [7, 11) is 1.64. The van der Waals surface area contributed by atoms with Gasteiger partial charge in [0.1, 0.15) is 12.1 Å². The van der Waals surface area contributed by atoms with E-state index < -0.39 is 0 Å². The first-order chi connectivity index (χ1) is 10.3. The van der Waals surface area contributed by atoms with Crippen molar-refractivity contribution in [1.29, 1.82) is 0 Å². The number of hydrogen-bond donors (Lipinski definition) is 1. The maximum atomic E-state index is 5.52. The lowest BCUT2D eigenvalue weighted by molar-refractivity contribution is 0.339. The fourth-order valence-corrected chi connectivity index (χ4v) is 2.20. The van der Waals surface area contributed by atoms with E-state index in [9.17, 15) is 0 Å². The van der Waals surface area contributed by atoms with Gasteiger partial charge >= 0.3 is 0 Å². The molecule has 6 nitrogen and oxygen atoms in total. The summed E-state index contributed by atoms with van der Waals surface area (Å²) in [6.45, 7) is 3.17. The largest absolute Gasteiger partial charge is 0.495 e. The number of aromatic nitrogens is 2. The third-order valence-corrected chi connectivity index (χ3v) is 3.18. The van der Waals surface area contributed by atoms with Gasteiger partial charge in [0.05, 0.1) is 32.1 Å². The highest BCUT2D eigenvalue weighted by Crippen LogP contribution is 2.34. The molecule has 2 aromatic rings. The van der Waals surface area contributed by atoms with Gasteiger partial charge in [0.25, 0.3) is 0 Å². The van der Waals surface area contributed by atoms with Gasteiger partial charge in [-0.25, -0.2) is 9.97 Å². The molecule has 1 aliphatic rings. The van der Waals surface area contributed by atoms with Crippen molar-refractivity contribution in [3.63, 3.8) is 0 Å². The smallest absolute Gasteiger partial charge is 0.180 e. The Morgan fingerprint density at radius 2 is 2.19 bits per heavy atom. The van der Waals surface area contributed by atoms with Gasteiger partial charge in [0.2, 0.25) is 0 Å². The molecular weight excluding hydrogens is 268 g/mol. The van der Waals surface area contributed by atoms with Crippen molar-refractivity contribution in [3.05, 3.63) is 35.8 Å². The van der Waals surface area contributed by atoms with E-state index in [1.807, 2.05) is 25.3 Å². The summed E-state index contributed by atoms with van der Waals surface area (Å²) in [6, 6.07) is 3.99. The molecule has 21 heavy (non-hydrogen) atoms. The highest BCUT2D eigenvalue weighted by Gasteiger charge is 2.14. The van der Waals surface area contributed by atoms with Crippen LogP contribution in [0.1, 0.15) is 18.1 Å². The van der Waals surface area contributed by atoms with Crippen LogP contribution in [0, 0.1) is 0 Å². The number of nitrogens with zero attached hydrogens (tertiary/aromatic N) is 3. The van der Waals surface area contributed by atoms with Crippen LogP contribution in [0.2, 0.25) is 0 Å². The molecule has 6 heteroatoms. The predicted octanol–water partition coefficient (Wildman–Crippen LogP) is 2.56. The van der Waals surface area contributed by atoms with Crippen molar-refractivity contribution in [2.45, 2.75) is 13.5 Å². The molecule has 2 heterocycles. The Morgan fingerprint density at radius 3 is 3.00 bits per heavy atom. The molecule has 0 aliphatic carbocycles. The maximum absolute atomic E-state index is 5.52. The van der Waals surface area contributed by atoms with Gasteiger partial charge in [-0.05, 0) is 30.2 Å². The molecule has 0 saturated heterocycles. The second-order valence-electron chi connectivity index (χ2n) is 4.51. The number of methoxy groups -OCH3 is 1. The number of anilines is 2. The number of nitrogens with one attached hydrogen (secondary N) is 1. The lowest BCUT2D eigenvalue weighted by Gasteiger charge is -2.14. The fourth-order valence-electron chi connectivity index (χ4n) is 2.20. The number of ether oxygens (including phenoxy) is 2. The van der Waals surface area contributed by atoms with E-state index >= 15 is 0 Å². The quantitative estimate of drug-likeness (QED) is 0.913. The number of aliphatic imine (C=N–C) groups is 1. The summed E-state index contributed by atoms with van der Waals surface area (Å²) < 4.78 is 11.0. The van der Waals surface area contributed by atoms with E-state index in [0.717, 1.165) is 22.6 Å². The Bertz CT molecular complexity index is 685. The molecule has 0 unspecified atom stereocenters. The molecule has 0 saturated carbocycles. The van der Waals surface area contributed by atoms with Crippen molar-refractivity contribution < 1.29 is 9.47 Å². The first-order valence-corrected chi connectivity index (χ1v) is 6.72. The summed E-state index contributed by atoms with van der Waals surface area (Å²) >= 11 is 0. The summed E-state index contributed by atoms with van der Waals surface area (Å²) in [6.07, 6.45) is 4.98. The van der Waals surface area contributed by atoms with Gasteiger partial charge in [-0.3, -0.25) is 4.99 Å². The first kappa shape index (κ1) is 13.4. The van der Waals surface area contributed by atoms with Gasteiger partial charge in [-0.15, -0.1) is 0 Å². The maximum Gasteiger partial charge on any atom is 0.180 e. The Kier molecular flexibility index (Phi) is 3.68. The second kappa shape index (κ2) is 5.78. The zero-order valence-corrected chi connectivity index (χ0v) is 12.0. The minimum Gasteiger partial charge on any atom is -0.495 e. The average Bonchev–Trinajstić information content (AvgIpc) is 2.96. The highest BCUT2D eigenvalue weighted by molar-refractivity contribution is 5.88. The molecule has 0 atom stereocenters. The van der Waals surface area contributed by atoms with Crippen LogP contribution in [-0.4, -0.2) is 29.9 Å². The van der Waals surface area contributed by atoms with Crippen molar-refractivity contribution >= 4 is 17.7 Å². The van der Waals surface area contributed by atoms with Gasteiger partial charge in [-0.1, -0.05) is 0 Å². The minimum absolute atomic E-state index is 0.552. The molecule has 0 radical (unpaired) electrons. The zero-order chi connectivity index (χ0) is 14.7. The third-order valence-electron chi connectivity index (χ3n) is 3.18. The van der Waals surface area contributed by atoms with Crippen LogP contribution in [0.25, 0.3) is 0 Å². The van der Waals surface area contributed by atoms with Crippen LogP contribution >= 0.6 is 0 Å². The molecule has 0 bridgehead atoms. The van der Waals surface area contributed by atoms with Crippen molar-refractivity contribution in [3.8, 4) is 11.5 Å². The van der Waals surface area contributed by atoms with Crippen LogP contribution in [0.3, 0.4) is 0 Å². The lowest BCUT2D eigenvalue weighted by Crippen LogP contribution is -2.03. The van der Waals surface area contributed by atoms with E-state index in [2.05, 4.69) is 20.3 Å². The third kappa shape index (κ3) is 2.65. The number of benzene rings is 1. The molecule has 1 aromatic carbocycles. The molecule has 1 aliphatic heterocycles. The Labute approximate surface area is 122 Å². The summed E-state index contributed by atoms with van der Waals surface area (Å²) in [5.74, 6) is 1.97. The number of fused-ring (bicyclic) bond motifs is 1. The molecule has 1 aromatic heterocycles. The molecular formula is C15H16N4O2. The van der Waals surface area contributed by atoms with E-state index in [4.69, 9.17) is 9.47 Å². The van der Waals surface area contributed by atoms with E-state index in [-0.39, 0.29) is 0 Å². The first-order valence-electron chi connectivity index (χ1n) is 6.72. The molecule has 3 rings (SSSR count). The van der Waals surface area contributed by atoms with Crippen molar-refractivity contribution in [2.24, 2.45) is 4.99 Å². The molecule has 0 fully saturated rings. The average molecular weight is 284 g/mol.